The van der Waals surface area contributed by atoms with Crippen LogP contribution in [0.5, 0.6) is 0 Å². The first-order valence-electron chi connectivity index (χ1n) is 10.7. The summed E-state index contributed by atoms with van der Waals surface area (Å²) in [5, 5.41) is 4.96. The van der Waals surface area contributed by atoms with Crippen molar-refractivity contribution in [1.29, 1.82) is 0 Å². The van der Waals surface area contributed by atoms with Gasteiger partial charge in [0.15, 0.2) is 0 Å². The van der Waals surface area contributed by atoms with Crippen molar-refractivity contribution >= 4 is 17.2 Å². The van der Waals surface area contributed by atoms with Crippen molar-refractivity contribution in [3.05, 3.63) is 40.0 Å². The lowest BCUT2D eigenvalue weighted by molar-refractivity contribution is 0.0304. The van der Waals surface area contributed by atoms with Crippen molar-refractivity contribution in [3.8, 4) is 0 Å². The largest absolute Gasteiger partial charge is 0.379 e. The minimum Gasteiger partial charge on any atom is -0.379 e. The minimum absolute atomic E-state index is 0.260. The third-order valence-electron chi connectivity index (χ3n) is 6.74. The summed E-state index contributed by atoms with van der Waals surface area (Å²) in [7, 11) is 1.85. The molecule has 1 saturated carbocycles. The molecule has 2 aromatic heterocycles. The molecule has 0 unspecified atom stereocenters. The standard InChI is InChI=1S/C22H30N4OS/c1-27-19-11-16-13-26(14-22-25-17-6-2-3-7-20(17)28-22)12-15(16)10-18(19)24-21-8-4-5-9-23-21/h4-5,8-9,15-16,18-19H,2-3,6-7,10-14H2,1H3,(H,23,24)/t15-,16+,18-,19-/m1/s1. The molecule has 0 spiro atoms. The zero-order valence-electron chi connectivity index (χ0n) is 16.6. The predicted molar refractivity (Wildman–Crippen MR) is 113 cm³/mol. The van der Waals surface area contributed by atoms with Crippen LogP contribution in [0.1, 0.15) is 41.3 Å². The van der Waals surface area contributed by atoms with Crippen molar-refractivity contribution in [3.63, 3.8) is 0 Å². The average molecular weight is 399 g/mol. The van der Waals surface area contributed by atoms with Gasteiger partial charge in [-0.3, -0.25) is 4.90 Å². The molecule has 4 atom stereocenters. The van der Waals surface area contributed by atoms with Crippen LogP contribution in [0, 0.1) is 11.8 Å². The summed E-state index contributed by atoms with van der Waals surface area (Å²) in [6.07, 6.45) is 9.48. The fraction of sp³-hybridized carbons (Fsp3) is 0.636. The molecule has 2 aliphatic carbocycles. The van der Waals surface area contributed by atoms with E-state index in [1.807, 2.05) is 42.8 Å². The molecule has 0 bridgehead atoms. The molecule has 2 fully saturated rings. The highest BCUT2D eigenvalue weighted by Crippen LogP contribution is 2.39. The van der Waals surface area contributed by atoms with Gasteiger partial charge < -0.3 is 10.1 Å². The van der Waals surface area contributed by atoms with Gasteiger partial charge in [-0.15, -0.1) is 11.3 Å². The normalized spacial score (nSPS) is 30.0. The highest BCUT2D eigenvalue weighted by atomic mass is 32.1. The van der Waals surface area contributed by atoms with Gasteiger partial charge in [0.2, 0.25) is 0 Å². The van der Waals surface area contributed by atoms with Crippen LogP contribution in [0.2, 0.25) is 0 Å². The van der Waals surface area contributed by atoms with Crippen LogP contribution >= 0.6 is 11.3 Å². The second-order valence-corrected chi connectivity index (χ2v) is 9.78. The smallest absolute Gasteiger partial charge is 0.126 e. The number of nitrogens with one attached hydrogen (secondary N) is 1. The van der Waals surface area contributed by atoms with E-state index in [0.717, 1.165) is 37.0 Å². The number of methoxy groups -OCH3 is 1. The molecule has 5 rings (SSSR count). The molecular weight excluding hydrogens is 368 g/mol. The first-order valence-corrected chi connectivity index (χ1v) is 11.5. The molecule has 2 aromatic rings. The zero-order chi connectivity index (χ0) is 18.9. The van der Waals surface area contributed by atoms with Crippen LogP contribution in [-0.2, 0) is 24.1 Å². The van der Waals surface area contributed by atoms with E-state index in [-0.39, 0.29) is 6.10 Å². The Kier molecular flexibility index (Phi) is 5.35. The van der Waals surface area contributed by atoms with Gasteiger partial charge in [-0.2, -0.15) is 0 Å². The fourth-order valence-corrected chi connectivity index (χ4v) is 6.55. The number of hydrogen-bond donors (Lipinski definition) is 1. The molecule has 0 aromatic carbocycles. The van der Waals surface area contributed by atoms with E-state index >= 15 is 0 Å². The Morgan fingerprint density at radius 1 is 1.18 bits per heavy atom. The predicted octanol–water partition coefficient (Wildman–Crippen LogP) is 3.75. The maximum Gasteiger partial charge on any atom is 0.126 e. The van der Waals surface area contributed by atoms with Crippen molar-refractivity contribution in [2.75, 3.05) is 25.5 Å². The van der Waals surface area contributed by atoms with Crippen LogP contribution in [0.15, 0.2) is 24.4 Å². The van der Waals surface area contributed by atoms with Crippen LogP contribution in [0.3, 0.4) is 0 Å². The van der Waals surface area contributed by atoms with Crippen LogP contribution < -0.4 is 5.32 Å². The maximum absolute atomic E-state index is 5.87. The van der Waals surface area contributed by atoms with Gasteiger partial charge in [0, 0.05) is 31.3 Å². The van der Waals surface area contributed by atoms with Gasteiger partial charge in [0.25, 0.3) is 0 Å². The second kappa shape index (κ2) is 8.09. The van der Waals surface area contributed by atoms with E-state index in [9.17, 15) is 0 Å². The topological polar surface area (TPSA) is 50.3 Å². The third kappa shape index (κ3) is 3.82. The minimum atomic E-state index is 0.260. The number of ether oxygens (including phenoxy) is 1. The number of aryl methyl sites for hydroxylation is 2. The summed E-state index contributed by atoms with van der Waals surface area (Å²) in [6, 6.07) is 6.38. The Morgan fingerprint density at radius 2 is 2.04 bits per heavy atom. The van der Waals surface area contributed by atoms with Crippen LogP contribution in [0.25, 0.3) is 0 Å². The Balaban J connectivity index is 1.23. The first-order chi connectivity index (χ1) is 13.8. The van der Waals surface area contributed by atoms with Gasteiger partial charge in [-0.25, -0.2) is 9.97 Å². The number of pyridine rings is 1. The monoisotopic (exact) mass is 398 g/mol. The number of rotatable bonds is 5. The lowest BCUT2D eigenvalue weighted by atomic mass is 9.77. The summed E-state index contributed by atoms with van der Waals surface area (Å²) < 4.78 is 5.87. The summed E-state index contributed by atoms with van der Waals surface area (Å²) in [6.45, 7) is 3.40. The number of likely N-dealkylation sites (tertiary alicyclic amines) is 1. The highest BCUT2D eigenvalue weighted by molar-refractivity contribution is 7.11. The number of anilines is 1. The molecule has 1 saturated heterocycles. The molecule has 0 amide bonds. The molecule has 3 heterocycles. The SMILES string of the molecule is CO[C@@H]1C[C@H]2CN(Cc3nc4c(s3)CCCC4)C[C@H]2C[C@H]1Nc1ccccn1. The lowest BCUT2D eigenvalue weighted by Gasteiger charge is -2.37. The Hall–Kier alpha value is -1.50. The Morgan fingerprint density at radius 3 is 2.82 bits per heavy atom. The van der Waals surface area contributed by atoms with Crippen molar-refractivity contribution < 1.29 is 4.74 Å². The van der Waals surface area contributed by atoms with E-state index in [1.54, 1.807) is 4.88 Å². The number of aromatic nitrogens is 2. The van der Waals surface area contributed by atoms with E-state index in [0.29, 0.717) is 6.04 Å². The molecule has 1 aliphatic heterocycles. The molecule has 6 heteroatoms. The number of hydrogen-bond acceptors (Lipinski definition) is 6. The highest BCUT2D eigenvalue weighted by Gasteiger charge is 2.42. The van der Waals surface area contributed by atoms with E-state index in [4.69, 9.17) is 9.72 Å². The second-order valence-electron chi connectivity index (χ2n) is 8.61. The van der Waals surface area contributed by atoms with Gasteiger partial charge in [0.1, 0.15) is 10.8 Å². The molecule has 3 aliphatic rings. The van der Waals surface area contributed by atoms with Gasteiger partial charge in [0.05, 0.1) is 24.4 Å². The Bertz CT molecular complexity index is 772. The summed E-state index contributed by atoms with van der Waals surface area (Å²) in [5.74, 6) is 2.43. The maximum atomic E-state index is 5.87. The van der Waals surface area contributed by atoms with Crippen molar-refractivity contribution in [1.82, 2.24) is 14.9 Å². The average Bonchev–Trinajstić information content (AvgIpc) is 3.30. The molecule has 0 radical (unpaired) electrons. The fourth-order valence-electron chi connectivity index (χ4n) is 5.35. The zero-order valence-corrected chi connectivity index (χ0v) is 17.5. The Labute approximate surface area is 171 Å². The van der Waals surface area contributed by atoms with E-state index in [2.05, 4.69) is 15.2 Å². The van der Waals surface area contributed by atoms with Crippen molar-refractivity contribution in [2.24, 2.45) is 11.8 Å². The van der Waals surface area contributed by atoms with Gasteiger partial charge in [-0.1, -0.05) is 6.07 Å². The first kappa shape index (κ1) is 18.5. The van der Waals surface area contributed by atoms with E-state index < -0.39 is 0 Å². The van der Waals surface area contributed by atoms with Crippen LogP contribution in [0.4, 0.5) is 5.82 Å². The quantitative estimate of drug-likeness (QED) is 0.831. The molecule has 150 valence electrons. The summed E-state index contributed by atoms with van der Waals surface area (Å²) in [5.41, 5.74) is 1.39. The van der Waals surface area contributed by atoms with E-state index in [1.165, 1.54) is 49.5 Å². The van der Waals surface area contributed by atoms with Gasteiger partial charge >= 0.3 is 0 Å². The number of nitrogens with zero attached hydrogens (tertiary/aromatic N) is 3. The summed E-state index contributed by atoms with van der Waals surface area (Å²) in [4.78, 5) is 13.6. The lowest BCUT2D eigenvalue weighted by Crippen LogP contribution is -2.44. The summed E-state index contributed by atoms with van der Waals surface area (Å²) >= 11 is 1.96. The molecular formula is C22H30N4OS. The molecule has 5 nitrogen and oxygen atoms in total. The third-order valence-corrected chi connectivity index (χ3v) is 7.88. The molecule has 28 heavy (non-hydrogen) atoms. The van der Waals surface area contributed by atoms with Crippen molar-refractivity contribution in [2.45, 2.75) is 57.2 Å². The number of fused-ring (bicyclic) bond motifs is 2. The number of thiazole rings is 1. The van der Waals surface area contributed by atoms with Gasteiger partial charge in [-0.05, 0) is 62.5 Å². The molecule has 1 N–H and O–H groups in total. The van der Waals surface area contributed by atoms with Crippen LogP contribution in [-0.4, -0.2) is 47.2 Å².